The minimum Gasteiger partial charge on any atom is -0.355 e. The van der Waals surface area contributed by atoms with Gasteiger partial charge in [0.2, 0.25) is 5.91 Å². The zero-order chi connectivity index (χ0) is 13.4. The van der Waals surface area contributed by atoms with Gasteiger partial charge in [-0.3, -0.25) is 9.69 Å². The van der Waals surface area contributed by atoms with E-state index in [1.165, 1.54) is 0 Å². The minimum atomic E-state index is -4.09. The molecule has 1 saturated heterocycles. The molecule has 0 aliphatic carbocycles. The summed E-state index contributed by atoms with van der Waals surface area (Å²) in [4.78, 5) is 13.5. The fourth-order valence-corrected chi connectivity index (χ4v) is 1.81. The number of halogens is 3. The maximum absolute atomic E-state index is 11.9. The van der Waals surface area contributed by atoms with Crippen molar-refractivity contribution in [3.63, 3.8) is 0 Å². The van der Waals surface area contributed by atoms with Crippen LogP contribution in [0.2, 0.25) is 0 Å². The van der Waals surface area contributed by atoms with Crippen molar-refractivity contribution in [3.05, 3.63) is 0 Å². The molecule has 0 aromatic heterocycles. The van der Waals surface area contributed by atoms with Crippen LogP contribution < -0.4 is 10.6 Å². The summed E-state index contributed by atoms with van der Waals surface area (Å²) in [6, 6.07) is 0. The Kier molecular flexibility index (Phi) is 6.42. The van der Waals surface area contributed by atoms with Crippen molar-refractivity contribution in [1.29, 1.82) is 0 Å². The van der Waals surface area contributed by atoms with E-state index in [1.54, 1.807) is 0 Å². The van der Waals surface area contributed by atoms with Crippen molar-refractivity contribution in [2.24, 2.45) is 0 Å². The van der Waals surface area contributed by atoms with E-state index in [-0.39, 0.29) is 12.3 Å². The van der Waals surface area contributed by atoms with Crippen molar-refractivity contribution in [3.8, 4) is 0 Å². The van der Waals surface area contributed by atoms with Gasteiger partial charge in [-0.25, -0.2) is 0 Å². The largest absolute Gasteiger partial charge is 0.389 e. The van der Waals surface area contributed by atoms with Gasteiger partial charge in [0.1, 0.15) is 0 Å². The van der Waals surface area contributed by atoms with E-state index < -0.39 is 12.6 Å². The van der Waals surface area contributed by atoms with E-state index >= 15 is 0 Å². The maximum atomic E-state index is 11.9. The van der Waals surface area contributed by atoms with Gasteiger partial charge in [-0.2, -0.15) is 13.2 Å². The lowest BCUT2D eigenvalue weighted by molar-refractivity contribution is -0.135. The van der Waals surface area contributed by atoms with Gasteiger partial charge >= 0.3 is 6.18 Å². The van der Waals surface area contributed by atoms with Crippen LogP contribution in [0.4, 0.5) is 13.2 Å². The van der Waals surface area contributed by atoms with Crippen molar-refractivity contribution < 1.29 is 18.0 Å². The molecule has 0 bridgehead atoms. The molecule has 0 atom stereocenters. The molecule has 0 radical (unpaired) electrons. The van der Waals surface area contributed by atoms with E-state index in [9.17, 15) is 18.0 Å². The van der Waals surface area contributed by atoms with Crippen LogP contribution in [-0.2, 0) is 4.79 Å². The molecule has 4 nitrogen and oxygen atoms in total. The molecule has 0 unspecified atom stereocenters. The van der Waals surface area contributed by atoms with Crippen molar-refractivity contribution in [1.82, 2.24) is 15.5 Å². The molecule has 7 heteroatoms. The highest BCUT2D eigenvalue weighted by Crippen LogP contribution is 2.21. The topological polar surface area (TPSA) is 44.4 Å². The standard InChI is InChI=1S/C11H20F3N3O/c12-11(13,14)3-1-2-4-16-10(18)9-17-7-5-15-6-8-17/h15H,1-9H2,(H,16,18). The molecule has 1 aliphatic heterocycles. The molecule has 1 fully saturated rings. The molecule has 1 amide bonds. The van der Waals surface area contributed by atoms with Crippen LogP contribution in [0.3, 0.4) is 0 Å². The van der Waals surface area contributed by atoms with Gasteiger partial charge < -0.3 is 10.6 Å². The number of hydrogen-bond donors (Lipinski definition) is 2. The average molecular weight is 267 g/mol. The Hall–Kier alpha value is -0.820. The summed E-state index contributed by atoms with van der Waals surface area (Å²) in [6.07, 6.45) is -4.43. The van der Waals surface area contributed by atoms with Gasteiger partial charge in [-0.1, -0.05) is 0 Å². The van der Waals surface area contributed by atoms with E-state index in [0.717, 1.165) is 26.2 Å². The van der Waals surface area contributed by atoms with Gasteiger partial charge in [0.05, 0.1) is 6.54 Å². The Balaban J connectivity index is 1.99. The number of carbonyl (C=O) groups excluding carboxylic acids is 1. The summed E-state index contributed by atoms with van der Waals surface area (Å²) in [7, 11) is 0. The molecular weight excluding hydrogens is 247 g/mol. The summed E-state index contributed by atoms with van der Waals surface area (Å²) in [6.45, 7) is 4.07. The minimum absolute atomic E-state index is 0.0669. The van der Waals surface area contributed by atoms with Crippen LogP contribution in [0.25, 0.3) is 0 Å². The number of nitrogens with one attached hydrogen (secondary N) is 2. The summed E-state index contributed by atoms with van der Waals surface area (Å²) in [5, 5.41) is 5.83. The van der Waals surface area contributed by atoms with Crippen LogP contribution in [0, 0.1) is 0 Å². The van der Waals surface area contributed by atoms with E-state index in [2.05, 4.69) is 10.6 Å². The number of amides is 1. The van der Waals surface area contributed by atoms with Gasteiger partial charge in [-0.05, 0) is 12.8 Å². The SMILES string of the molecule is O=C(CN1CCNCC1)NCCCCC(F)(F)F. The number of hydrogen-bond acceptors (Lipinski definition) is 3. The summed E-state index contributed by atoms with van der Waals surface area (Å²) in [5.41, 5.74) is 0. The molecule has 1 rings (SSSR count). The zero-order valence-corrected chi connectivity index (χ0v) is 10.4. The molecule has 0 spiro atoms. The molecule has 1 heterocycles. The first kappa shape index (κ1) is 15.2. The highest BCUT2D eigenvalue weighted by molar-refractivity contribution is 5.77. The maximum Gasteiger partial charge on any atom is 0.389 e. The lowest BCUT2D eigenvalue weighted by Gasteiger charge is -2.26. The number of carbonyl (C=O) groups is 1. The lowest BCUT2D eigenvalue weighted by atomic mass is 10.2. The molecule has 0 saturated carbocycles. The van der Waals surface area contributed by atoms with Crippen LogP contribution in [-0.4, -0.2) is 56.3 Å². The number of unbranched alkanes of at least 4 members (excludes halogenated alkanes) is 1. The Bertz CT molecular complexity index is 252. The molecular formula is C11H20F3N3O. The number of nitrogens with zero attached hydrogens (tertiary/aromatic N) is 1. The first-order valence-electron chi connectivity index (χ1n) is 6.24. The second kappa shape index (κ2) is 7.58. The van der Waals surface area contributed by atoms with Crippen LogP contribution in [0.15, 0.2) is 0 Å². The molecule has 106 valence electrons. The Morgan fingerprint density at radius 3 is 2.50 bits per heavy atom. The van der Waals surface area contributed by atoms with E-state index in [0.29, 0.717) is 19.5 Å². The van der Waals surface area contributed by atoms with E-state index in [4.69, 9.17) is 0 Å². The second-order valence-electron chi connectivity index (χ2n) is 4.45. The van der Waals surface area contributed by atoms with Gasteiger partial charge in [0.15, 0.2) is 0 Å². The van der Waals surface area contributed by atoms with Gasteiger partial charge in [-0.15, -0.1) is 0 Å². The van der Waals surface area contributed by atoms with Crippen LogP contribution in [0.1, 0.15) is 19.3 Å². The highest BCUT2D eigenvalue weighted by Gasteiger charge is 2.25. The Labute approximate surface area is 105 Å². The third-order valence-electron chi connectivity index (χ3n) is 2.79. The third kappa shape index (κ3) is 7.50. The number of rotatable bonds is 6. The number of alkyl halides is 3. The fraction of sp³-hybridized carbons (Fsp3) is 0.909. The van der Waals surface area contributed by atoms with Gasteiger partial charge in [0, 0.05) is 39.1 Å². The van der Waals surface area contributed by atoms with Crippen molar-refractivity contribution >= 4 is 5.91 Å². The summed E-state index contributed by atoms with van der Waals surface area (Å²) < 4.78 is 35.6. The van der Waals surface area contributed by atoms with Gasteiger partial charge in [0.25, 0.3) is 0 Å². The monoisotopic (exact) mass is 267 g/mol. The fourth-order valence-electron chi connectivity index (χ4n) is 1.81. The Morgan fingerprint density at radius 1 is 1.22 bits per heavy atom. The third-order valence-corrected chi connectivity index (χ3v) is 2.79. The molecule has 1 aliphatic rings. The number of piperazine rings is 1. The molecule has 18 heavy (non-hydrogen) atoms. The van der Waals surface area contributed by atoms with E-state index in [1.807, 2.05) is 4.90 Å². The lowest BCUT2D eigenvalue weighted by Crippen LogP contribution is -2.47. The predicted octanol–water partition coefficient (Wildman–Crippen LogP) is 0.740. The van der Waals surface area contributed by atoms with Crippen molar-refractivity contribution in [2.75, 3.05) is 39.3 Å². The first-order valence-corrected chi connectivity index (χ1v) is 6.24. The molecule has 0 aromatic carbocycles. The summed E-state index contributed by atoms with van der Waals surface area (Å²) >= 11 is 0. The highest BCUT2D eigenvalue weighted by atomic mass is 19.4. The quantitative estimate of drug-likeness (QED) is 0.698. The Morgan fingerprint density at radius 2 is 1.89 bits per heavy atom. The second-order valence-corrected chi connectivity index (χ2v) is 4.45. The normalized spacial score (nSPS) is 17.7. The molecule has 2 N–H and O–H groups in total. The smallest absolute Gasteiger partial charge is 0.355 e. The predicted molar refractivity (Wildman–Crippen MR) is 62.2 cm³/mol. The molecule has 0 aromatic rings. The first-order chi connectivity index (χ1) is 8.47. The van der Waals surface area contributed by atoms with Crippen LogP contribution >= 0.6 is 0 Å². The van der Waals surface area contributed by atoms with Crippen LogP contribution in [0.5, 0.6) is 0 Å². The summed E-state index contributed by atoms with van der Waals surface area (Å²) in [5.74, 6) is -0.107. The average Bonchev–Trinajstić information content (AvgIpc) is 2.28. The van der Waals surface area contributed by atoms with Crippen molar-refractivity contribution in [2.45, 2.75) is 25.4 Å². The zero-order valence-electron chi connectivity index (χ0n) is 10.4.